The summed E-state index contributed by atoms with van der Waals surface area (Å²) >= 11 is 0. The molecule has 0 radical (unpaired) electrons. The number of nitrogens with one attached hydrogen (secondary N) is 1. The number of ether oxygens (including phenoxy) is 2. The lowest BCUT2D eigenvalue weighted by Gasteiger charge is -2.50. The van der Waals surface area contributed by atoms with Crippen LogP contribution in [0.25, 0.3) is 0 Å². The molecule has 1 unspecified atom stereocenters. The standard InChI is InChI=1S/C28H28F2N2O3/c1-34-20-6-4-19(5-7-20)26-27(33)22-9-8-21(35-2)16-25(22)31-28(26)11-13-32(14-12-28)17-18-3-10-23(29)24(30)15-18/h3-10,15-16,26,31H,11-14,17H2,1-2H3. The molecule has 2 aliphatic rings. The molecule has 0 aliphatic carbocycles. The molecule has 1 atom stereocenters. The number of likely N-dealkylation sites (tertiary alicyclic amines) is 1. The summed E-state index contributed by atoms with van der Waals surface area (Å²) in [6, 6.07) is 17.3. The molecule has 1 spiro atoms. The highest BCUT2D eigenvalue weighted by Crippen LogP contribution is 2.47. The zero-order valence-electron chi connectivity index (χ0n) is 19.8. The van der Waals surface area contributed by atoms with Crippen molar-refractivity contribution < 1.29 is 23.0 Å². The van der Waals surface area contributed by atoms with E-state index in [-0.39, 0.29) is 11.7 Å². The van der Waals surface area contributed by atoms with Crippen molar-refractivity contribution in [3.8, 4) is 11.5 Å². The van der Waals surface area contributed by atoms with Gasteiger partial charge in [0.1, 0.15) is 11.5 Å². The molecule has 5 rings (SSSR count). The number of anilines is 1. The number of hydrogen-bond acceptors (Lipinski definition) is 5. The first-order chi connectivity index (χ1) is 16.9. The van der Waals surface area contributed by atoms with Gasteiger partial charge in [-0.25, -0.2) is 8.78 Å². The molecular formula is C28H28F2N2O3. The van der Waals surface area contributed by atoms with Gasteiger partial charge in [0.15, 0.2) is 17.4 Å². The Kier molecular flexibility index (Phi) is 6.19. The Bertz CT molecular complexity index is 1240. The van der Waals surface area contributed by atoms with Crippen molar-refractivity contribution in [2.24, 2.45) is 0 Å². The first-order valence-corrected chi connectivity index (χ1v) is 11.7. The van der Waals surface area contributed by atoms with Crippen LogP contribution < -0.4 is 14.8 Å². The van der Waals surface area contributed by atoms with Gasteiger partial charge in [0.05, 0.1) is 25.7 Å². The molecule has 182 valence electrons. The summed E-state index contributed by atoms with van der Waals surface area (Å²) in [6.07, 6.45) is 1.44. The van der Waals surface area contributed by atoms with Crippen LogP contribution in [0.15, 0.2) is 60.7 Å². The minimum absolute atomic E-state index is 0.0839. The van der Waals surface area contributed by atoms with E-state index in [2.05, 4.69) is 10.2 Å². The summed E-state index contributed by atoms with van der Waals surface area (Å²) in [4.78, 5) is 16.1. The number of halogens is 2. The highest BCUT2D eigenvalue weighted by molar-refractivity contribution is 6.08. The molecule has 3 aromatic rings. The maximum absolute atomic E-state index is 13.9. The van der Waals surface area contributed by atoms with Crippen LogP contribution in [0.4, 0.5) is 14.5 Å². The first-order valence-electron chi connectivity index (χ1n) is 11.7. The molecule has 2 aliphatic heterocycles. The summed E-state index contributed by atoms with van der Waals surface area (Å²) in [7, 11) is 3.23. The van der Waals surface area contributed by atoms with Crippen molar-refractivity contribution in [2.75, 3.05) is 32.6 Å². The van der Waals surface area contributed by atoms with Gasteiger partial charge in [0.2, 0.25) is 0 Å². The molecule has 5 nitrogen and oxygen atoms in total. The van der Waals surface area contributed by atoms with Gasteiger partial charge in [-0.15, -0.1) is 0 Å². The smallest absolute Gasteiger partial charge is 0.174 e. The number of nitrogens with zero attached hydrogens (tertiary/aromatic N) is 1. The number of carbonyl (C=O) groups is 1. The fraction of sp³-hybridized carbons (Fsp3) is 0.321. The van der Waals surface area contributed by atoms with E-state index in [4.69, 9.17) is 9.47 Å². The summed E-state index contributed by atoms with van der Waals surface area (Å²) < 4.78 is 37.7. The SMILES string of the molecule is COc1ccc(C2C(=O)c3ccc(OC)cc3NC23CCN(Cc2ccc(F)c(F)c2)CC3)cc1. The van der Waals surface area contributed by atoms with Gasteiger partial charge in [0, 0.05) is 37.0 Å². The fourth-order valence-corrected chi connectivity index (χ4v) is 5.40. The average molecular weight is 479 g/mol. The second-order valence-electron chi connectivity index (χ2n) is 9.29. The van der Waals surface area contributed by atoms with Gasteiger partial charge >= 0.3 is 0 Å². The van der Waals surface area contributed by atoms with Crippen LogP contribution in [0.1, 0.15) is 40.2 Å². The van der Waals surface area contributed by atoms with Crippen molar-refractivity contribution in [1.29, 1.82) is 0 Å². The fourth-order valence-electron chi connectivity index (χ4n) is 5.40. The van der Waals surface area contributed by atoms with E-state index in [1.54, 1.807) is 20.3 Å². The zero-order valence-corrected chi connectivity index (χ0v) is 19.8. The average Bonchev–Trinajstić information content (AvgIpc) is 2.88. The van der Waals surface area contributed by atoms with E-state index in [0.717, 1.165) is 35.4 Å². The summed E-state index contributed by atoms with van der Waals surface area (Å²) in [5, 5.41) is 3.73. The molecular weight excluding hydrogens is 450 g/mol. The van der Waals surface area contributed by atoms with Gasteiger partial charge < -0.3 is 14.8 Å². The highest BCUT2D eigenvalue weighted by atomic mass is 19.2. The Morgan fingerprint density at radius 3 is 2.26 bits per heavy atom. The van der Waals surface area contributed by atoms with Gasteiger partial charge in [-0.05, 0) is 60.4 Å². The Labute approximate surface area is 203 Å². The van der Waals surface area contributed by atoms with Crippen LogP contribution >= 0.6 is 0 Å². The minimum atomic E-state index is -0.840. The summed E-state index contributed by atoms with van der Waals surface area (Å²) in [6.45, 7) is 1.95. The number of methoxy groups -OCH3 is 2. The number of carbonyl (C=O) groups excluding carboxylic acids is 1. The number of piperidine rings is 1. The molecule has 7 heteroatoms. The summed E-state index contributed by atoms with van der Waals surface area (Å²) in [5.74, 6) is -0.517. The third-order valence-electron chi connectivity index (χ3n) is 7.28. The lowest BCUT2D eigenvalue weighted by Crippen LogP contribution is -2.56. The van der Waals surface area contributed by atoms with E-state index in [9.17, 15) is 13.6 Å². The zero-order chi connectivity index (χ0) is 24.6. The largest absolute Gasteiger partial charge is 0.497 e. The third-order valence-corrected chi connectivity index (χ3v) is 7.28. The molecule has 1 fully saturated rings. The molecule has 1 N–H and O–H groups in total. The lowest BCUT2D eigenvalue weighted by molar-refractivity contribution is 0.0842. The molecule has 35 heavy (non-hydrogen) atoms. The second-order valence-corrected chi connectivity index (χ2v) is 9.29. The quantitative estimate of drug-likeness (QED) is 0.532. The Morgan fingerprint density at radius 1 is 0.914 bits per heavy atom. The Balaban J connectivity index is 1.45. The van der Waals surface area contributed by atoms with E-state index in [0.29, 0.717) is 30.9 Å². The van der Waals surface area contributed by atoms with Crippen molar-refractivity contribution >= 4 is 11.5 Å². The van der Waals surface area contributed by atoms with Crippen LogP contribution in [-0.4, -0.2) is 43.5 Å². The van der Waals surface area contributed by atoms with Gasteiger partial charge in [-0.1, -0.05) is 18.2 Å². The number of rotatable bonds is 5. The number of benzene rings is 3. The maximum atomic E-state index is 13.9. The van der Waals surface area contributed by atoms with Gasteiger partial charge in [-0.2, -0.15) is 0 Å². The molecule has 0 amide bonds. The second kappa shape index (κ2) is 9.30. The molecule has 0 bridgehead atoms. The lowest BCUT2D eigenvalue weighted by atomic mass is 9.67. The summed E-state index contributed by atoms with van der Waals surface area (Å²) in [5.41, 5.74) is 2.64. The predicted octanol–water partition coefficient (Wildman–Crippen LogP) is 5.41. The van der Waals surface area contributed by atoms with E-state index in [1.165, 1.54) is 12.1 Å². The van der Waals surface area contributed by atoms with Gasteiger partial charge in [0.25, 0.3) is 0 Å². The van der Waals surface area contributed by atoms with E-state index < -0.39 is 17.2 Å². The normalized spacial score (nSPS) is 19.2. The maximum Gasteiger partial charge on any atom is 0.174 e. The topological polar surface area (TPSA) is 50.8 Å². The Morgan fingerprint density at radius 2 is 1.60 bits per heavy atom. The first kappa shape index (κ1) is 23.3. The molecule has 2 heterocycles. The number of hydrogen-bond donors (Lipinski definition) is 1. The predicted molar refractivity (Wildman–Crippen MR) is 130 cm³/mol. The van der Waals surface area contributed by atoms with Crippen molar-refractivity contribution in [3.05, 3.63) is 89.0 Å². The molecule has 0 saturated carbocycles. The number of Topliss-reactive ketones (excluding diaryl/α,β-unsaturated/α-hetero) is 1. The Hall–Kier alpha value is -3.45. The van der Waals surface area contributed by atoms with Crippen molar-refractivity contribution in [2.45, 2.75) is 30.8 Å². The minimum Gasteiger partial charge on any atom is -0.497 e. The van der Waals surface area contributed by atoms with Crippen LogP contribution in [-0.2, 0) is 6.54 Å². The van der Waals surface area contributed by atoms with Crippen LogP contribution in [0.5, 0.6) is 11.5 Å². The number of fused-ring (bicyclic) bond motifs is 1. The van der Waals surface area contributed by atoms with E-state index >= 15 is 0 Å². The molecule has 0 aromatic heterocycles. The van der Waals surface area contributed by atoms with E-state index in [1.807, 2.05) is 42.5 Å². The molecule has 1 saturated heterocycles. The third kappa shape index (κ3) is 4.36. The van der Waals surface area contributed by atoms with Crippen LogP contribution in [0.3, 0.4) is 0 Å². The number of ketones is 1. The highest BCUT2D eigenvalue weighted by Gasteiger charge is 2.49. The van der Waals surface area contributed by atoms with Crippen LogP contribution in [0, 0.1) is 11.6 Å². The van der Waals surface area contributed by atoms with Crippen molar-refractivity contribution in [3.63, 3.8) is 0 Å². The van der Waals surface area contributed by atoms with Crippen LogP contribution in [0.2, 0.25) is 0 Å². The molecule has 3 aromatic carbocycles. The van der Waals surface area contributed by atoms with Crippen molar-refractivity contribution in [1.82, 2.24) is 4.90 Å². The van der Waals surface area contributed by atoms with Gasteiger partial charge in [-0.3, -0.25) is 9.69 Å². The monoisotopic (exact) mass is 478 g/mol.